The van der Waals surface area contributed by atoms with Crippen LogP contribution in [0.1, 0.15) is 17.3 Å². The molecule has 2 aromatic heterocycles. The summed E-state index contributed by atoms with van der Waals surface area (Å²) in [5.74, 6) is -0.190. The third-order valence-electron chi connectivity index (χ3n) is 2.37. The molecule has 0 saturated carbocycles. The fraction of sp³-hybridized carbons (Fsp3) is 0.154. The lowest BCUT2D eigenvalue weighted by molar-refractivity contribution is 0.102. The minimum Gasteiger partial charge on any atom is -0.385 e. The highest BCUT2D eigenvalue weighted by molar-refractivity contribution is 6.07. The van der Waals surface area contributed by atoms with Gasteiger partial charge in [0.25, 0.3) is 5.91 Å². The molecule has 0 radical (unpaired) electrons. The summed E-state index contributed by atoms with van der Waals surface area (Å²) in [5.41, 5.74) is 2.01. The Morgan fingerprint density at radius 3 is 2.61 bits per heavy atom. The van der Waals surface area contributed by atoms with Crippen LogP contribution in [0.15, 0.2) is 43.0 Å². The summed E-state index contributed by atoms with van der Waals surface area (Å²) in [6.07, 6.45) is 6.46. The number of nitrogens with one attached hydrogen (secondary N) is 2. The highest BCUT2D eigenvalue weighted by atomic mass is 16.1. The lowest BCUT2D eigenvalue weighted by atomic mass is 10.2. The van der Waals surface area contributed by atoms with Gasteiger partial charge >= 0.3 is 0 Å². The van der Waals surface area contributed by atoms with Crippen LogP contribution < -0.4 is 10.6 Å². The third kappa shape index (κ3) is 2.82. The Labute approximate surface area is 105 Å². The monoisotopic (exact) mass is 242 g/mol. The summed E-state index contributed by atoms with van der Waals surface area (Å²) in [6.45, 7) is 2.73. The van der Waals surface area contributed by atoms with Gasteiger partial charge in [-0.3, -0.25) is 14.8 Å². The second kappa shape index (κ2) is 5.77. The normalized spacial score (nSPS) is 9.83. The molecule has 0 aromatic carbocycles. The van der Waals surface area contributed by atoms with Crippen LogP contribution in [-0.4, -0.2) is 22.4 Å². The number of aromatic nitrogens is 2. The number of nitrogens with zero attached hydrogens (tertiary/aromatic N) is 2. The first-order chi connectivity index (χ1) is 8.81. The van der Waals surface area contributed by atoms with Crippen molar-refractivity contribution in [1.82, 2.24) is 9.97 Å². The molecule has 2 aromatic rings. The van der Waals surface area contributed by atoms with Crippen LogP contribution in [0.5, 0.6) is 0 Å². The minimum atomic E-state index is -0.190. The van der Waals surface area contributed by atoms with Gasteiger partial charge in [-0.05, 0) is 25.1 Å². The van der Waals surface area contributed by atoms with Crippen LogP contribution in [0, 0.1) is 0 Å². The van der Waals surface area contributed by atoms with E-state index in [2.05, 4.69) is 20.6 Å². The van der Waals surface area contributed by atoms with Crippen molar-refractivity contribution < 1.29 is 4.79 Å². The van der Waals surface area contributed by atoms with Crippen LogP contribution >= 0.6 is 0 Å². The van der Waals surface area contributed by atoms with Gasteiger partial charge in [0.15, 0.2) is 0 Å². The molecule has 2 N–H and O–H groups in total. The van der Waals surface area contributed by atoms with E-state index in [1.54, 1.807) is 43.0 Å². The van der Waals surface area contributed by atoms with E-state index >= 15 is 0 Å². The number of pyridine rings is 2. The molecule has 5 heteroatoms. The number of rotatable bonds is 4. The molecule has 0 atom stereocenters. The Morgan fingerprint density at radius 2 is 1.89 bits per heavy atom. The first-order valence-corrected chi connectivity index (χ1v) is 5.70. The van der Waals surface area contributed by atoms with E-state index in [0.717, 1.165) is 12.2 Å². The number of carbonyl (C=O) groups is 1. The van der Waals surface area contributed by atoms with Crippen LogP contribution in [0.25, 0.3) is 0 Å². The van der Waals surface area contributed by atoms with Gasteiger partial charge in [0.1, 0.15) is 0 Å². The maximum Gasteiger partial charge on any atom is 0.259 e. The average Bonchev–Trinajstić information content (AvgIpc) is 2.41. The molecule has 0 spiro atoms. The van der Waals surface area contributed by atoms with Gasteiger partial charge in [0.2, 0.25) is 0 Å². The maximum absolute atomic E-state index is 12.1. The average molecular weight is 242 g/mol. The van der Waals surface area contributed by atoms with Crippen molar-refractivity contribution in [3.8, 4) is 0 Å². The summed E-state index contributed by atoms with van der Waals surface area (Å²) in [5, 5.41) is 5.93. The molecule has 92 valence electrons. The van der Waals surface area contributed by atoms with Gasteiger partial charge in [0, 0.05) is 37.0 Å². The number of carbonyl (C=O) groups excluding carboxylic acids is 1. The Hall–Kier alpha value is -2.43. The molecule has 18 heavy (non-hydrogen) atoms. The largest absolute Gasteiger partial charge is 0.385 e. The molecule has 0 unspecified atom stereocenters. The Bertz CT molecular complexity index is 528. The second-order valence-corrected chi connectivity index (χ2v) is 3.64. The molecule has 0 aliphatic rings. The van der Waals surface area contributed by atoms with E-state index in [1.807, 2.05) is 6.92 Å². The molecular weight excluding hydrogens is 228 g/mol. The van der Waals surface area contributed by atoms with Gasteiger partial charge in [-0.2, -0.15) is 0 Å². The molecule has 2 rings (SSSR count). The standard InChI is InChI=1S/C13H14N4O/c1-2-16-12-5-8-15-9-11(12)13(18)17-10-3-6-14-7-4-10/h3-9H,2H2,1H3,(H,15,16)(H,14,17,18). The Morgan fingerprint density at radius 1 is 1.17 bits per heavy atom. The van der Waals surface area contributed by atoms with Crippen LogP contribution in [0.2, 0.25) is 0 Å². The lowest BCUT2D eigenvalue weighted by Crippen LogP contribution is -2.15. The van der Waals surface area contributed by atoms with E-state index in [4.69, 9.17) is 0 Å². The van der Waals surface area contributed by atoms with E-state index in [-0.39, 0.29) is 5.91 Å². The first kappa shape index (κ1) is 12.0. The molecular formula is C13H14N4O. The van der Waals surface area contributed by atoms with Crippen LogP contribution in [0.3, 0.4) is 0 Å². The van der Waals surface area contributed by atoms with Crippen molar-refractivity contribution in [3.05, 3.63) is 48.5 Å². The lowest BCUT2D eigenvalue weighted by Gasteiger charge is -2.10. The number of hydrogen-bond donors (Lipinski definition) is 2. The van der Waals surface area contributed by atoms with Gasteiger partial charge in [0.05, 0.1) is 11.3 Å². The van der Waals surface area contributed by atoms with Crippen LogP contribution in [0.4, 0.5) is 11.4 Å². The smallest absolute Gasteiger partial charge is 0.259 e. The quantitative estimate of drug-likeness (QED) is 0.862. The molecule has 5 nitrogen and oxygen atoms in total. The van der Waals surface area contributed by atoms with Gasteiger partial charge in [-0.15, -0.1) is 0 Å². The SMILES string of the molecule is CCNc1ccncc1C(=O)Nc1ccncc1. The van der Waals surface area contributed by atoms with Crippen molar-refractivity contribution in [1.29, 1.82) is 0 Å². The van der Waals surface area contributed by atoms with Crippen molar-refractivity contribution in [2.45, 2.75) is 6.92 Å². The predicted octanol–water partition coefficient (Wildman–Crippen LogP) is 2.16. The maximum atomic E-state index is 12.1. The predicted molar refractivity (Wildman–Crippen MR) is 70.6 cm³/mol. The van der Waals surface area contributed by atoms with E-state index in [1.165, 1.54) is 0 Å². The molecule has 0 saturated heterocycles. The van der Waals surface area contributed by atoms with Crippen molar-refractivity contribution in [2.24, 2.45) is 0 Å². The highest BCUT2D eigenvalue weighted by Crippen LogP contribution is 2.15. The summed E-state index contributed by atoms with van der Waals surface area (Å²) >= 11 is 0. The zero-order chi connectivity index (χ0) is 12.8. The molecule has 0 fully saturated rings. The zero-order valence-corrected chi connectivity index (χ0v) is 10.1. The second-order valence-electron chi connectivity index (χ2n) is 3.64. The molecule has 2 heterocycles. The summed E-state index contributed by atoms with van der Waals surface area (Å²) in [4.78, 5) is 20.0. The summed E-state index contributed by atoms with van der Waals surface area (Å²) < 4.78 is 0. The first-order valence-electron chi connectivity index (χ1n) is 5.70. The number of amides is 1. The Balaban J connectivity index is 2.19. The highest BCUT2D eigenvalue weighted by Gasteiger charge is 2.11. The molecule has 1 amide bonds. The van der Waals surface area contributed by atoms with E-state index in [0.29, 0.717) is 11.3 Å². The van der Waals surface area contributed by atoms with Crippen molar-refractivity contribution in [2.75, 3.05) is 17.2 Å². The molecule has 0 bridgehead atoms. The summed E-state index contributed by atoms with van der Waals surface area (Å²) in [6, 6.07) is 5.26. The number of anilines is 2. The molecule has 0 aliphatic carbocycles. The fourth-order valence-electron chi connectivity index (χ4n) is 1.55. The van der Waals surface area contributed by atoms with Gasteiger partial charge < -0.3 is 10.6 Å². The zero-order valence-electron chi connectivity index (χ0n) is 10.1. The topological polar surface area (TPSA) is 66.9 Å². The minimum absolute atomic E-state index is 0.190. The van der Waals surface area contributed by atoms with Gasteiger partial charge in [-0.1, -0.05) is 0 Å². The van der Waals surface area contributed by atoms with Crippen molar-refractivity contribution in [3.63, 3.8) is 0 Å². The van der Waals surface area contributed by atoms with Crippen LogP contribution in [-0.2, 0) is 0 Å². The van der Waals surface area contributed by atoms with Crippen molar-refractivity contribution >= 4 is 17.3 Å². The van der Waals surface area contributed by atoms with E-state index < -0.39 is 0 Å². The summed E-state index contributed by atoms with van der Waals surface area (Å²) in [7, 11) is 0. The third-order valence-corrected chi connectivity index (χ3v) is 2.37. The number of hydrogen-bond acceptors (Lipinski definition) is 4. The Kier molecular flexibility index (Phi) is 3.86. The van der Waals surface area contributed by atoms with E-state index in [9.17, 15) is 4.79 Å². The fourth-order valence-corrected chi connectivity index (χ4v) is 1.55. The van der Waals surface area contributed by atoms with Gasteiger partial charge in [-0.25, -0.2) is 0 Å². The molecule has 0 aliphatic heterocycles.